The molecule has 0 spiro atoms. The van der Waals surface area contributed by atoms with Crippen molar-refractivity contribution in [1.29, 1.82) is 0 Å². The predicted molar refractivity (Wildman–Crippen MR) is 78.6 cm³/mol. The zero-order valence-corrected chi connectivity index (χ0v) is 12.4. The summed E-state index contributed by atoms with van der Waals surface area (Å²) in [7, 11) is 1.75. The maximum atomic E-state index is 11.9. The van der Waals surface area contributed by atoms with Gasteiger partial charge in [-0.15, -0.1) is 5.10 Å². The molecule has 1 N–H and O–H groups in total. The number of hydrogen-bond acceptors (Lipinski definition) is 6. The molecule has 2 heterocycles. The summed E-state index contributed by atoms with van der Waals surface area (Å²) >= 11 is 1.43. The Morgan fingerprint density at radius 2 is 2.40 bits per heavy atom. The lowest BCUT2D eigenvalue weighted by molar-refractivity contribution is 0.108. The van der Waals surface area contributed by atoms with Gasteiger partial charge in [-0.25, -0.2) is 4.98 Å². The second-order valence-corrected chi connectivity index (χ2v) is 6.01. The van der Waals surface area contributed by atoms with Crippen molar-refractivity contribution in [1.82, 2.24) is 14.6 Å². The van der Waals surface area contributed by atoms with E-state index in [9.17, 15) is 4.79 Å². The van der Waals surface area contributed by atoms with Gasteiger partial charge in [0.05, 0.1) is 6.10 Å². The van der Waals surface area contributed by atoms with E-state index >= 15 is 0 Å². The number of fused-ring (bicyclic) bond motifs is 1. The van der Waals surface area contributed by atoms with Crippen molar-refractivity contribution in [3.8, 4) is 0 Å². The molecule has 2 aromatic rings. The molecule has 1 aliphatic carbocycles. The third-order valence-electron chi connectivity index (χ3n) is 3.71. The second kappa shape index (κ2) is 5.49. The summed E-state index contributed by atoms with van der Waals surface area (Å²) in [4.78, 5) is 17.0. The van der Waals surface area contributed by atoms with Crippen molar-refractivity contribution in [3.05, 3.63) is 22.1 Å². The standard InChI is InChI=1S/C13H18N4O2S/c1-3-8-7-11(18)17-13(15-8)20-12(16-17)14-9-4-5-10(6-9)19-2/h7,9-10H,3-6H2,1-2H3,(H,14,16). The zero-order valence-electron chi connectivity index (χ0n) is 11.6. The van der Waals surface area contributed by atoms with Crippen LogP contribution in [0.3, 0.4) is 0 Å². The molecule has 20 heavy (non-hydrogen) atoms. The van der Waals surface area contributed by atoms with Gasteiger partial charge in [0.1, 0.15) is 0 Å². The Balaban J connectivity index is 1.83. The van der Waals surface area contributed by atoms with Gasteiger partial charge in [0, 0.05) is 24.9 Å². The third-order valence-corrected chi connectivity index (χ3v) is 4.55. The fourth-order valence-electron chi connectivity index (χ4n) is 2.56. The minimum Gasteiger partial charge on any atom is -0.381 e. The van der Waals surface area contributed by atoms with Crippen LogP contribution in [0.2, 0.25) is 0 Å². The maximum Gasteiger partial charge on any atom is 0.275 e. The number of methoxy groups -OCH3 is 1. The van der Waals surface area contributed by atoms with Gasteiger partial charge in [0.25, 0.3) is 5.56 Å². The van der Waals surface area contributed by atoms with E-state index in [2.05, 4.69) is 15.4 Å². The summed E-state index contributed by atoms with van der Waals surface area (Å²) in [6.45, 7) is 1.99. The van der Waals surface area contributed by atoms with E-state index in [0.717, 1.165) is 36.5 Å². The first-order valence-electron chi connectivity index (χ1n) is 6.88. The topological polar surface area (TPSA) is 68.5 Å². The number of nitrogens with zero attached hydrogens (tertiary/aromatic N) is 3. The number of aromatic nitrogens is 3. The predicted octanol–water partition coefficient (Wildman–Crippen LogP) is 1.69. The molecular formula is C13H18N4O2S. The summed E-state index contributed by atoms with van der Waals surface area (Å²) in [5.74, 6) is 0. The molecule has 1 fully saturated rings. The Morgan fingerprint density at radius 1 is 1.55 bits per heavy atom. The highest BCUT2D eigenvalue weighted by atomic mass is 32.1. The highest BCUT2D eigenvalue weighted by Crippen LogP contribution is 2.26. The van der Waals surface area contributed by atoms with Gasteiger partial charge < -0.3 is 10.1 Å². The summed E-state index contributed by atoms with van der Waals surface area (Å²) in [5.41, 5.74) is 0.697. The van der Waals surface area contributed by atoms with Crippen LogP contribution in [0.25, 0.3) is 4.96 Å². The van der Waals surface area contributed by atoms with Crippen molar-refractivity contribution in [3.63, 3.8) is 0 Å². The van der Waals surface area contributed by atoms with Gasteiger partial charge in [-0.1, -0.05) is 18.3 Å². The van der Waals surface area contributed by atoms with Crippen LogP contribution in [0.1, 0.15) is 31.9 Å². The van der Waals surface area contributed by atoms with Crippen LogP contribution in [0.4, 0.5) is 5.13 Å². The van der Waals surface area contributed by atoms with E-state index in [1.54, 1.807) is 13.2 Å². The molecule has 6 nitrogen and oxygen atoms in total. The number of ether oxygens (including phenoxy) is 1. The first-order chi connectivity index (χ1) is 9.69. The summed E-state index contributed by atoms with van der Waals surface area (Å²) in [6.07, 6.45) is 4.20. The molecule has 1 saturated carbocycles. The van der Waals surface area contributed by atoms with Crippen molar-refractivity contribution in [2.45, 2.75) is 44.8 Å². The number of aryl methyl sites for hydroxylation is 1. The van der Waals surface area contributed by atoms with Crippen LogP contribution >= 0.6 is 11.3 Å². The molecule has 1 aliphatic rings. The fraction of sp³-hybridized carbons (Fsp3) is 0.615. The molecule has 2 atom stereocenters. The average molecular weight is 294 g/mol. The summed E-state index contributed by atoms with van der Waals surface area (Å²) in [6, 6.07) is 1.91. The Morgan fingerprint density at radius 3 is 3.10 bits per heavy atom. The van der Waals surface area contributed by atoms with E-state index in [-0.39, 0.29) is 5.56 Å². The van der Waals surface area contributed by atoms with Crippen LogP contribution < -0.4 is 10.9 Å². The Bertz CT molecular complexity index is 666. The Kier molecular flexibility index (Phi) is 3.71. The molecule has 0 aliphatic heterocycles. The number of anilines is 1. The van der Waals surface area contributed by atoms with Gasteiger partial charge in [-0.3, -0.25) is 4.79 Å². The highest BCUT2D eigenvalue weighted by molar-refractivity contribution is 7.20. The van der Waals surface area contributed by atoms with Crippen LogP contribution in [-0.2, 0) is 11.2 Å². The molecule has 0 saturated heterocycles. The van der Waals surface area contributed by atoms with Crippen LogP contribution in [-0.4, -0.2) is 33.9 Å². The van der Waals surface area contributed by atoms with Gasteiger partial charge in [0.15, 0.2) is 0 Å². The summed E-state index contributed by atoms with van der Waals surface area (Å²) < 4.78 is 6.73. The average Bonchev–Trinajstić information content (AvgIpc) is 3.05. The van der Waals surface area contributed by atoms with Crippen LogP contribution in [0.5, 0.6) is 0 Å². The van der Waals surface area contributed by atoms with Gasteiger partial charge in [-0.2, -0.15) is 4.52 Å². The lowest BCUT2D eigenvalue weighted by atomic mass is 10.2. The molecule has 7 heteroatoms. The molecule has 3 rings (SSSR count). The van der Waals surface area contributed by atoms with Crippen molar-refractivity contribution in [2.75, 3.05) is 12.4 Å². The van der Waals surface area contributed by atoms with Gasteiger partial charge in [0.2, 0.25) is 10.1 Å². The van der Waals surface area contributed by atoms with E-state index in [1.807, 2.05) is 6.92 Å². The van der Waals surface area contributed by atoms with Crippen molar-refractivity contribution in [2.24, 2.45) is 0 Å². The Labute approximate surface area is 120 Å². The van der Waals surface area contributed by atoms with E-state index in [4.69, 9.17) is 4.74 Å². The van der Waals surface area contributed by atoms with Crippen molar-refractivity contribution < 1.29 is 4.74 Å². The molecule has 108 valence electrons. The van der Waals surface area contributed by atoms with E-state index < -0.39 is 0 Å². The first-order valence-corrected chi connectivity index (χ1v) is 7.70. The number of hydrogen-bond donors (Lipinski definition) is 1. The normalized spacial score (nSPS) is 22.5. The molecular weight excluding hydrogens is 276 g/mol. The second-order valence-electron chi connectivity index (χ2n) is 5.05. The van der Waals surface area contributed by atoms with Crippen LogP contribution in [0.15, 0.2) is 10.9 Å². The molecule has 0 bridgehead atoms. The molecule has 2 unspecified atom stereocenters. The molecule has 0 amide bonds. The maximum absolute atomic E-state index is 11.9. The van der Waals surface area contributed by atoms with Gasteiger partial charge in [-0.05, 0) is 25.7 Å². The molecule has 0 aromatic carbocycles. The number of nitrogens with one attached hydrogen (secondary N) is 1. The quantitative estimate of drug-likeness (QED) is 0.929. The van der Waals surface area contributed by atoms with Gasteiger partial charge >= 0.3 is 0 Å². The molecule has 0 radical (unpaired) electrons. The minimum atomic E-state index is -0.114. The lowest BCUT2D eigenvalue weighted by Crippen LogP contribution is -2.18. The highest BCUT2D eigenvalue weighted by Gasteiger charge is 2.25. The van der Waals surface area contributed by atoms with E-state index in [0.29, 0.717) is 17.1 Å². The Hall–Kier alpha value is -1.47. The van der Waals surface area contributed by atoms with Crippen LogP contribution in [0, 0.1) is 0 Å². The lowest BCUT2D eigenvalue weighted by Gasteiger charge is -2.10. The SMILES string of the molecule is CCc1cc(=O)n2nc(NC3CCC(OC)C3)sc2n1. The first kappa shape index (κ1) is 13.5. The largest absolute Gasteiger partial charge is 0.381 e. The van der Waals surface area contributed by atoms with E-state index in [1.165, 1.54) is 15.9 Å². The monoisotopic (exact) mass is 294 g/mol. The smallest absolute Gasteiger partial charge is 0.275 e. The molecule has 2 aromatic heterocycles. The third kappa shape index (κ3) is 2.55. The number of rotatable bonds is 4. The summed E-state index contributed by atoms with van der Waals surface area (Å²) in [5, 5.41) is 8.45. The fourth-order valence-corrected chi connectivity index (χ4v) is 3.46. The van der Waals surface area contributed by atoms with Crippen molar-refractivity contribution >= 4 is 21.4 Å². The zero-order chi connectivity index (χ0) is 14.1. The minimum absolute atomic E-state index is 0.114.